The largest absolute Gasteiger partial charge is 0.494 e. The van der Waals surface area contributed by atoms with Gasteiger partial charge in [-0.15, -0.1) is 0 Å². The SMILES string of the molecule is CCCCCCCCOc1ccc(C(C)NCc2ccc(C)cc2)cc1. The van der Waals surface area contributed by atoms with E-state index in [-0.39, 0.29) is 0 Å². The molecule has 0 aliphatic rings. The van der Waals surface area contributed by atoms with Gasteiger partial charge in [0.05, 0.1) is 6.61 Å². The van der Waals surface area contributed by atoms with Crippen LogP contribution in [0.15, 0.2) is 48.5 Å². The molecule has 2 heteroatoms. The fourth-order valence-electron chi connectivity index (χ4n) is 3.02. The molecule has 0 bridgehead atoms. The first-order valence-electron chi connectivity index (χ1n) is 10.2. The van der Waals surface area contributed by atoms with Crippen molar-refractivity contribution in [1.82, 2.24) is 5.32 Å². The number of rotatable bonds is 12. The lowest BCUT2D eigenvalue weighted by molar-refractivity contribution is 0.304. The molecule has 2 aromatic carbocycles. The third kappa shape index (κ3) is 7.61. The summed E-state index contributed by atoms with van der Waals surface area (Å²) in [5.41, 5.74) is 3.92. The minimum atomic E-state index is 0.323. The molecule has 0 aliphatic heterocycles. The van der Waals surface area contributed by atoms with Gasteiger partial charge in [-0.2, -0.15) is 0 Å². The second kappa shape index (κ2) is 11.7. The molecule has 1 atom stereocenters. The van der Waals surface area contributed by atoms with E-state index >= 15 is 0 Å². The molecule has 0 saturated heterocycles. The van der Waals surface area contributed by atoms with Gasteiger partial charge in [-0.3, -0.25) is 0 Å². The highest BCUT2D eigenvalue weighted by Gasteiger charge is 2.05. The summed E-state index contributed by atoms with van der Waals surface area (Å²) < 4.78 is 5.87. The molecule has 1 N–H and O–H groups in total. The first kappa shape index (κ1) is 20.5. The molecule has 26 heavy (non-hydrogen) atoms. The van der Waals surface area contributed by atoms with Crippen LogP contribution in [0.3, 0.4) is 0 Å². The maximum atomic E-state index is 5.87. The number of nitrogens with one attached hydrogen (secondary N) is 1. The van der Waals surface area contributed by atoms with Crippen LogP contribution in [0.2, 0.25) is 0 Å². The molecule has 0 heterocycles. The maximum absolute atomic E-state index is 5.87. The van der Waals surface area contributed by atoms with Crippen LogP contribution < -0.4 is 10.1 Å². The average Bonchev–Trinajstić information content (AvgIpc) is 2.67. The van der Waals surface area contributed by atoms with Crippen molar-refractivity contribution < 1.29 is 4.74 Å². The molecule has 2 rings (SSSR count). The third-order valence-electron chi connectivity index (χ3n) is 4.88. The van der Waals surface area contributed by atoms with Crippen LogP contribution in [-0.4, -0.2) is 6.61 Å². The summed E-state index contributed by atoms with van der Waals surface area (Å²) in [6, 6.07) is 17.6. The lowest BCUT2D eigenvalue weighted by Crippen LogP contribution is -2.18. The molecular formula is C24H35NO. The molecule has 0 spiro atoms. The van der Waals surface area contributed by atoms with Crippen LogP contribution in [0, 0.1) is 6.92 Å². The topological polar surface area (TPSA) is 21.3 Å². The average molecular weight is 354 g/mol. The monoisotopic (exact) mass is 353 g/mol. The molecular weight excluding hydrogens is 318 g/mol. The van der Waals surface area contributed by atoms with E-state index in [0.717, 1.165) is 25.3 Å². The molecule has 0 radical (unpaired) electrons. The molecule has 2 aromatic rings. The zero-order valence-electron chi connectivity index (χ0n) is 16.8. The summed E-state index contributed by atoms with van der Waals surface area (Å²) in [7, 11) is 0. The van der Waals surface area contributed by atoms with Crippen LogP contribution in [-0.2, 0) is 6.54 Å². The van der Waals surface area contributed by atoms with E-state index in [0.29, 0.717) is 6.04 Å². The number of hydrogen-bond acceptors (Lipinski definition) is 2. The zero-order valence-corrected chi connectivity index (χ0v) is 16.8. The van der Waals surface area contributed by atoms with Crippen molar-refractivity contribution in [2.75, 3.05) is 6.61 Å². The summed E-state index contributed by atoms with van der Waals surface area (Å²) in [4.78, 5) is 0. The molecule has 0 amide bonds. The van der Waals surface area contributed by atoms with Crippen LogP contribution in [0.25, 0.3) is 0 Å². The van der Waals surface area contributed by atoms with E-state index in [2.05, 4.69) is 74.6 Å². The van der Waals surface area contributed by atoms with Crippen molar-refractivity contribution in [3.05, 3.63) is 65.2 Å². The van der Waals surface area contributed by atoms with E-state index in [1.54, 1.807) is 0 Å². The molecule has 0 aromatic heterocycles. The first-order valence-corrected chi connectivity index (χ1v) is 10.2. The minimum absolute atomic E-state index is 0.323. The van der Waals surface area contributed by atoms with E-state index < -0.39 is 0 Å². The molecule has 142 valence electrons. The Morgan fingerprint density at radius 2 is 1.50 bits per heavy atom. The van der Waals surface area contributed by atoms with Gasteiger partial charge in [0.25, 0.3) is 0 Å². The smallest absolute Gasteiger partial charge is 0.119 e. The Bertz CT molecular complexity index is 603. The summed E-state index contributed by atoms with van der Waals surface area (Å²) >= 11 is 0. The number of benzene rings is 2. The Hall–Kier alpha value is -1.80. The maximum Gasteiger partial charge on any atom is 0.119 e. The summed E-state index contributed by atoms with van der Waals surface area (Å²) in [5, 5.41) is 3.59. The predicted octanol–water partition coefficient (Wildman–Crippen LogP) is 6.59. The van der Waals surface area contributed by atoms with Gasteiger partial charge in [-0.1, -0.05) is 81.0 Å². The Kier molecular flexibility index (Phi) is 9.27. The molecule has 1 unspecified atom stereocenters. The fraction of sp³-hybridized carbons (Fsp3) is 0.500. The lowest BCUT2D eigenvalue weighted by atomic mass is 10.1. The standard InChI is InChI=1S/C24H35NO/c1-4-5-6-7-8-9-18-26-24-16-14-23(15-17-24)21(3)25-19-22-12-10-20(2)11-13-22/h10-17,21,25H,4-9,18-19H2,1-3H3. The van der Waals surface area contributed by atoms with Gasteiger partial charge >= 0.3 is 0 Å². The van der Waals surface area contributed by atoms with Crippen molar-refractivity contribution in [2.45, 2.75) is 71.9 Å². The second-order valence-corrected chi connectivity index (χ2v) is 7.27. The summed E-state index contributed by atoms with van der Waals surface area (Å²) in [5.74, 6) is 0.980. The number of hydrogen-bond donors (Lipinski definition) is 1. The van der Waals surface area contributed by atoms with Crippen molar-refractivity contribution in [3.63, 3.8) is 0 Å². The highest BCUT2D eigenvalue weighted by atomic mass is 16.5. The number of ether oxygens (including phenoxy) is 1. The molecule has 0 aliphatic carbocycles. The first-order chi connectivity index (χ1) is 12.7. The number of aryl methyl sites for hydroxylation is 1. The Morgan fingerprint density at radius 3 is 2.19 bits per heavy atom. The van der Waals surface area contributed by atoms with E-state index in [4.69, 9.17) is 4.74 Å². The van der Waals surface area contributed by atoms with Crippen LogP contribution in [0.1, 0.15) is 75.1 Å². The quantitative estimate of drug-likeness (QED) is 0.435. The van der Waals surface area contributed by atoms with E-state index in [9.17, 15) is 0 Å². The fourth-order valence-corrected chi connectivity index (χ4v) is 3.02. The second-order valence-electron chi connectivity index (χ2n) is 7.27. The Balaban J connectivity index is 1.68. The van der Waals surface area contributed by atoms with Gasteiger partial charge in [-0.25, -0.2) is 0 Å². The van der Waals surface area contributed by atoms with Gasteiger partial charge in [0.15, 0.2) is 0 Å². The minimum Gasteiger partial charge on any atom is -0.494 e. The van der Waals surface area contributed by atoms with Crippen molar-refractivity contribution in [2.24, 2.45) is 0 Å². The highest BCUT2D eigenvalue weighted by Crippen LogP contribution is 2.18. The normalized spacial score (nSPS) is 12.1. The van der Waals surface area contributed by atoms with Crippen LogP contribution in [0.4, 0.5) is 0 Å². The molecule has 2 nitrogen and oxygen atoms in total. The van der Waals surface area contributed by atoms with Crippen LogP contribution in [0.5, 0.6) is 5.75 Å². The van der Waals surface area contributed by atoms with Gasteiger partial charge in [-0.05, 0) is 43.5 Å². The number of unbranched alkanes of at least 4 members (excludes halogenated alkanes) is 5. The third-order valence-corrected chi connectivity index (χ3v) is 4.88. The zero-order chi connectivity index (χ0) is 18.6. The molecule has 0 saturated carbocycles. The lowest BCUT2D eigenvalue weighted by Gasteiger charge is -2.15. The predicted molar refractivity (Wildman–Crippen MR) is 112 cm³/mol. The van der Waals surface area contributed by atoms with Gasteiger partial charge in [0.1, 0.15) is 5.75 Å². The van der Waals surface area contributed by atoms with Crippen LogP contribution >= 0.6 is 0 Å². The van der Waals surface area contributed by atoms with E-state index in [1.165, 1.54) is 48.8 Å². The van der Waals surface area contributed by atoms with Crippen molar-refractivity contribution >= 4 is 0 Å². The van der Waals surface area contributed by atoms with Gasteiger partial charge in [0.2, 0.25) is 0 Å². The van der Waals surface area contributed by atoms with E-state index in [1.807, 2.05) is 0 Å². The van der Waals surface area contributed by atoms with Crippen molar-refractivity contribution in [1.29, 1.82) is 0 Å². The van der Waals surface area contributed by atoms with Gasteiger partial charge < -0.3 is 10.1 Å². The molecule has 0 fully saturated rings. The Labute approximate surface area is 160 Å². The van der Waals surface area contributed by atoms with Crippen molar-refractivity contribution in [3.8, 4) is 5.75 Å². The summed E-state index contributed by atoms with van der Waals surface area (Å²) in [6.45, 7) is 8.30. The highest BCUT2D eigenvalue weighted by molar-refractivity contribution is 5.29. The summed E-state index contributed by atoms with van der Waals surface area (Å²) in [6.07, 6.45) is 7.79. The Morgan fingerprint density at radius 1 is 0.846 bits per heavy atom. The van der Waals surface area contributed by atoms with Gasteiger partial charge in [0, 0.05) is 12.6 Å².